The highest BCUT2D eigenvalue weighted by atomic mass is 16.2. The van der Waals surface area contributed by atoms with Gasteiger partial charge in [0.05, 0.1) is 5.41 Å². The van der Waals surface area contributed by atoms with Crippen LogP contribution in [0, 0.1) is 11.3 Å². The Hall–Kier alpha value is -0.570. The Balaban J connectivity index is 1.92. The van der Waals surface area contributed by atoms with Gasteiger partial charge in [-0.15, -0.1) is 0 Å². The summed E-state index contributed by atoms with van der Waals surface area (Å²) in [5.41, 5.74) is -0.119. The molecule has 1 heterocycles. The van der Waals surface area contributed by atoms with E-state index in [-0.39, 0.29) is 5.41 Å². The molecule has 3 nitrogen and oxygen atoms in total. The van der Waals surface area contributed by atoms with Gasteiger partial charge in [-0.1, -0.05) is 20.3 Å². The van der Waals surface area contributed by atoms with Crippen molar-refractivity contribution in [1.29, 1.82) is 0 Å². The Kier molecular flexibility index (Phi) is 4.08. The average Bonchev–Trinajstić information content (AvgIpc) is 2.28. The first-order valence-electron chi connectivity index (χ1n) is 7.18. The Morgan fingerprint density at radius 3 is 2.76 bits per heavy atom. The van der Waals surface area contributed by atoms with Crippen molar-refractivity contribution in [1.82, 2.24) is 10.6 Å². The summed E-state index contributed by atoms with van der Waals surface area (Å²) in [6, 6.07) is 0.452. The van der Waals surface area contributed by atoms with E-state index in [0.29, 0.717) is 11.9 Å². The molecule has 17 heavy (non-hydrogen) atoms. The molecule has 1 atom stereocenters. The van der Waals surface area contributed by atoms with Crippen LogP contribution in [0.2, 0.25) is 0 Å². The van der Waals surface area contributed by atoms with E-state index >= 15 is 0 Å². The summed E-state index contributed by atoms with van der Waals surface area (Å²) in [6.45, 7) is 6.37. The number of hydrogen-bond acceptors (Lipinski definition) is 2. The van der Waals surface area contributed by atoms with Gasteiger partial charge in [0.2, 0.25) is 5.91 Å². The fourth-order valence-electron chi connectivity index (χ4n) is 3.33. The van der Waals surface area contributed by atoms with Crippen LogP contribution in [0.5, 0.6) is 0 Å². The van der Waals surface area contributed by atoms with Gasteiger partial charge >= 0.3 is 0 Å². The number of hydrogen-bond donors (Lipinski definition) is 2. The molecule has 0 aromatic carbocycles. The van der Waals surface area contributed by atoms with Crippen LogP contribution in [0.15, 0.2) is 0 Å². The minimum absolute atomic E-state index is 0.119. The Bertz CT molecular complexity index is 260. The molecule has 1 unspecified atom stereocenters. The number of amides is 1. The Morgan fingerprint density at radius 2 is 2.24 bits per heavy atom. The number of carbonyl (C=O) groups excluding carboxylic acids is 1. The van der Waals surface area contributed by atoms with Gasteiger partial charge in [-0.05, 0) is 44.6 Å². The molecule has 2 rings (SSSR count). The Labute approximate surface area is 105 Å². The Morgan fingerprint density at radius 1 is 1.47 bits per heavy atom. The smallest absolute Gasteiger partial charge is 0.227 e. The summed E-state index contributed by atoms with van der Waals surface area (Å²) in [5.74, 6) is 1.11. The van der Waals surface area contributed by atoms with Gasteiger partial charge < -0.3 is 10.6 Å². The summed E-state index contributed by atoms with van der Waals surface area (Å²) >= 11 is 0. The minimum atomic E-state index is -0.119. The normalized spacial score (nSPS) is 37.3. The van der Waals surface area contributed by atoms with Crippen molar-refractivity contribution in [3.8, 4) is 0 Å². The van der Waals surface area contributed by atoms with E-state index in [0.717, 1.165) is 44.7 Å². The van der Waals surface area contributed by atoms with Crippen molar-refractivity contribution >= 4 is 5.91 Å². The van der Waals surface area contributed by atoms with Crippen molar-refractivity contribution in [3.63, 3.8) is 0 Å². The fourth-order valence-corrected chi connectivity index (χ4v) is 3.33. The van der Waals surface area contributed by atoms with Crippen molar-refractivity contribution in [2.24, 2.45) is 11.3 Å². The molecule has 3 heteroatoms. The predicted octanol–water partition coefficient (Wildman–Crippen LogP) is 2.07. The second kappa shape index (κ2) is 5.38. The third-order valence-electron chi connectivity index (χ3n) is 4.39. The predicted molar refractivity (Wildman–Crippen MR) is 69.8 cm³/mol. The van der Waals surface area contributed by atoms with E-state index in [2.05, 4.69) is 24.5 Å². The van der Waals surface area contributed by atoms with Crippen LogP contribution < -0.4 is 10.6 Å². The maximum Gasteiger partial charge on any atom is 0.227 e. The van der Waals surface area contributed by atoms with Gasteiger partial charge in [0, 0.05) is 12.6 Å². The molecule has 0 aromatic rings. The standard InChI is InChI=1S/C14H26N2O/c1-3-5-14(6-4-7-15-10-14)13(17)16-12-8-11(2)9-12/h11-12,15H,3-10H2,1-2H3,(H,16,17). The molecular formula is C14H26N2O. The van der Waals surface area contributed by atoms with Gasteiger partial charge in [0.25, 0.3) is 0 Å². The quantitative estimate of drug-likeness (QED) is 0.787. The summed E-state index contributed by atoms with van der Waals surface area (Å²) in [7, 11) is 0. The van der Waals surface area contributed by atoms with Crippen LogP contribution in [0.4, 0.5) is 0 Å². The molecule has 0 bridgehead atoms. The van der Waals surface area contributed by atoms with Crippen molar-refractivity contribution in [2.45, 2.75) is 58.4 Å². The monoisotopic (exact) mass is 238 g/mol. The molecule has 0 radical (unpaired) electrons. The van der Waals surface area contributed by atoms with Crippen molar-refractivity contribution in [3.05, 3.63) is 0 Å². The molecule has 2 aliphatic rings. The fraction of sp³-hybridized carbons (Fsp3) is 0.929. The second-order valence-corrected chi connectivity index (χ2v) is 6.06. The molecule has 2 N–H and O–H groups in total. The minimum Gasteiger partial charge on any atom is -0.353 e. The zero-order chi connectivity index (χ0) is 12.3. The van der Waals surface area contributed by atoms with E-state index in [1.807, 2.05) is 0 Å². The van der Waals surface area contributed by atoms with Crippen LogP contribution in [-0.2, 0) is 4.79 Å². The highest BCUT2D eigenvalue weighted by Gasteiger charge is 2.40. The van der Waals surface area contributed by atoms with Gasteiger partial charge in [0.1, 0.15) is 0 Å². The molecule has 98 valence electrons. The van der Waals surface area contributed by atoms with Gasteiger partial charge in [-0.3, -0.25) is 4.79 Å². The van der Waals surface area contributed by atoms with E-state index in [4.69, 9.17) is 0 Å². The first-order valence-corrected chi connectivity index (χ1v) is 7.18. The first kappa shape index (κ1) is 12.9. The van der Waals surface area contributed by atoms with Crippen LogP contribution in [0.3, 0.4) is 0 Å². The number of piperidine rings is 1. The lowest BCUT2D eigenvalue weighted by atomic mass is 9.74. The van der Waals surface area contributed by atoms with Crippen LogP contribution in [-0.4, -0.2) is 25.0 Å². The largest absolute Gasteiger partial charge is 0.353 e. The van der Waals surface area contributed by atoms with Crippen molar-refractivity contribution < 1.29 is 4.79 Å². The molecular weight excluding hydrogens is 212 g/mol. The highest BCUT2D eigenvalue weighted by Crippen LogP contribution is 2.34. The molecule has 2 fully saturated rings. The highest BCUT2D eigenvalue weighted by molar-refractivity contribution is 5.83. The SMILES string of the molecule is CCCC1(C(=O)NC2CC(C)C2)CCCNC1. The number of carbonyl (C=O) groups is 1. The molecule has 1 saturated carbocycles. The maximum absolute atomic E-state index is 12.5. The summed E-state index contributed by atoms with van der Waals surface area (Å²) in [5, 5.41) is 6.66. The third kappa shape index (κ3) is 2.82. The maximum atomic E-state index is 12.5. The second-order valence-electron chi connectivity index (χ2n) is 6.06. The summed E-state index contributed by atoms with van der Waals surface area (Å²) < 4.78 is 0. The zero-order valence-corrected chi connectivity index (χ0v) is 11.2. The summed E-state index contributed by atoms with van der Waals surface area (Å²) in [4.78, 5) is 12.5. The number of nitrogens with one attached hydrogen (secondary N) is 2. The van der Waals surface area contributed by atoms with Crippen LogP contribution in [0.1, 0.15) is 52.4 Å². The van der Waals surface area contributed by atoms with E-state index in [9.17, 15) is 4.79 Å². The van der Waals surface area contributed by atoms with Crippen LogP contribution in [0.25, 0.3) is 0 Å². The third-order valence-corrected chi connectivity index (χ3v) is 4.39. The average molecular weight is 238 g/mol. The van der Waals surface area contributed by atoms with E-state index in [1.54, 1.807) is 0 Å². The van der Waals surface area contributed by atoms with Crippen LogP contribution >= 0.6 is 0 Å². The molecule has 1 aliphatic carbocycles. The lowest BCUT2D eigenvalue weighted by Gasteiger charge is -2.40. The number of rotatable bonds is 4. The van der Waals surface area contributed by atoms with E-state index < -0.39 is 0 Å². The van der Waals surface area contributed by atoms with Gasteiger partial charge in [-0.25, -0.2) is 0 Å². The lowest BCUT2D eigenvalue weighted by Crippen LogP contribution is -2.54. The van der Waals surface area contributed by atoms with Gasteiger partial charge in [0.15, 0.2) is 0 Å². The molecule has 1 saturated heterocycles. The van der Waals surface area contributed by atoms with E-state index in [1.165, 1.54) is 12.8 Å². The zero-order valence-electron chi connectivity index (χ0n) is 11.2. The van der Waals surface area contributed by atoms with Crippen molar-refractivity contribution in [2.75, 3.05) is 13.1 Å². The summed E-state index contributed by atoms with van der Waals surface area (Å²) in [6.07, 6.45) is 6.64. The molecule has 0 aromatic heterocycles. The molecule has 0 spiro atoms. The van der Waals surface area contributed by atoms with Gasteiger partial charge in [-0.2, -0.15) is 0 Å². The first-order chi connectivity index (χ1) is 8.16. The molecule has 1 aliphatic heterocycles. The topological polar surface area (TPSA) is 41.1 Å². The lowest BCUT2D eigenvalue weighted by molar-refractivity contribution is -0.134. The molecule has 1 amide bonds.